The van der Waals surface area contributed by atoms with Crippen LogP contribution in [0.1, 0.15) is 33.3 Å². The molecule has 1 aromatic carbocycles. The van der Waals surface area contributed by atoms with Crippen molar-refractivity contribution in [3.8, 4) is 0 Å². The standard InChI is InChI=1S/C18H27BrO2Si/c1-14(7-8-15-9-11-16(19)12-10-15)17(20)13-21-22(5,6)18(2,3)4/h8-12,17,20H,13H2,1-6H3. The highest BCUT2D eigenvalue weighted by Gasteiger charge is 2.37. The minimum Gasteiger partial charge on any atom is -0.414 e. The van der Waals surface area contributed by atoms with Gasteiger partial charge in [-0.15, -0.1) is 5.73 Å². The van der Waals surface area contributed by atoms with Crippen molar-refractivity contribution >= 4 is 30.3 Å². The molecule has 0 bridgehead atoms. The van der Waals surface area contributed by atoms with Crippen LogP contribution < -0.4 is 0 Å². The lowest BCUT2D eigenvalue weighted by Gasteiger charge is -2.36. The number of halogens is 1. The summed E-state index contributed by atoms with van der Waals surface area (Å²) in [6, 6.07) is 7.98. The molecular weight excluding hydrogens is 356 g/mol. The van der Waals surface area contributed by atoms with Crippen molar-refractivity contribution < 1.29 is 9.53 Å². The van der Waals surface area contributed by atoms with Gasteiger partial charge in [-0.05, 0) is 54.4 Å². The van der Waals surface area contributed by atoms with Crippen molar-refractivity contribution in [1.82, 2.24) is 0 Å². The summed E-state index contributed by atoms with van der Waals surface area (Å²) in [6.45, 7) is 13.2. The molecule has 1 unspecified atom stereocenters. The zero-order valence-electron chi connectivity index (χ0n) is 14.4. The van der Waals surface area contributed by atoms with E-state index in [0.29, 0.717) is 6.61 Å². The Morgan fingerprint density at radius 2 is 1.86 bits per heavy atom. The summed E-state index contributed by atoms with van der Waals surface area (Å²) in [5.41, 5.74) is 5.00. The molecule has 0 amide bonds. The van der Waals surface area contributed by atoms with E-state index in [1.54, 1.807) is 0 Å². The van der Waals surface area contributed by atoms with Crippen LogP contribution in [-0.4, -0.2) is 26.1 Å². The molecule has 0 saturated heterocycles. The van der Waals surface area contributed by atoms with E-state index in [1.165, 1.54) is 0 Å². The predicted octanol–water partition coefficient (Wildman–Crippen LogP) is 5.39. The van der Waals surface area contributed by atoms with Crippen LogP contribution in [0.15, 0.2) is 40.0 Å². The monoisotopic (exact) mass is 382 g/mol. The summed E-state index contributed by atoms with van der Waals surface area (Å²) in [6.07, 6.45) is 1.28. The molecule has 22 heavy (non-hydrogen) atoms. The highest BCUT2D eigenvalue weighted by molar-refractivity contribution is 9.10. The quantitative estimate of drug-likeness (QED) is 0.546. The summed E-state index contributed by atoms with van der Waals surface area (Å²) in [5.74, 6) is 0. The van der Waals surface area contributed by atoms with Crippen LogP contribution >= 0.6 is 15.9 Å². The second-order valence-corrected chi connectivity index (χ2v) is 12.8. The highest BCUT2D eigenvalue weighted by atomic mass is 79.9. The number of benzene rings is 1. The third-order valence-corrected chi connectivity index (χ3v) is 9.27. The largest absolute Gasteiger partial charge is 0.414 e. The zero-order valence-corrected chi connectivity index (χ0v) is 17.0. The van der Waals surface area contributed by atoms with Crippen molar-refractivity contribution in [3.63, 3.8) is 0 Å². The highest BCUT2D eigenvalue weighted by Crippen LogP contribution is 2.36. The van der Waals surface area contributed by atoms with E-state index < -0.39 is 14.4 Å². The first-order valence-electron chi connectivity index (χ1n) is 7.54. The van der Waals surface area contributed by atoms with Crippen LogP contribution in [0.5, 0.6) is 0 Å². The fraction of sp³-hybridized carbons (Fsp3) is 0.500. The minimum atomic E-state index is -1.82. The topological polar surface area (TPSA) is 29.5 Å². The van der Waals surface area contributed by atoms with E-state index in [4.69, 9.17) is 4.43 Å². The van der Waals surface area contributed by atoms with Gasteiger partial charge in [-0.1, -0.05) is 48.8 Å². The lowest BCUT2D eigenvalue weighted by molar-refractivity contribution is 0.127. The Hall–Kier alpha value is -0.643. The van der Waals surface area contributed by atoms with Crippen LogP contribution in [0.4, 0.5) is 0 Å². The molecule has 0 radical (unpaired) electrons. The molecule has 0 heterocycles. The first-order valence-corrected chi connectivity index (χ1v) is 11.2. The molecule has 0 aromatic heterocycles. The Bertz CT molecular complexity index is 549. The Morgan fingerprint density at radius 3 is 2.36 bits per heavy atom. The molecule has 122 valence electrons. The zero-order chi connectivity index (χ0) is 17.0. The summed E-state index contributed by atoms with van der Waals surface area (Å²) in [7, 11) is -1.82. The lowest BCUT2D eigenvalue weighted by Crippen LogP contribution is -2.42. The van der Waals surface area contributed by atoms with Crippen LogP contribution in [0, 0.1) is 0 Å². The molecular formula is C18H27BrO2Si. The van der Waals surface area contributed by atoms with Gasteiger partial charge >= 0.3 is 0 Å². The SMILES string of the molecule is CC(=C=Cc1ccc(Br)cc1)C(O)CO[Si](C)(C)C(C)(C)C. The second-order valence-electron chi connectivity index (χ2n) is 7.11. The van der Waals surface area contributed by atoms with Crippen LogP contribution in [0.25, 0.3) is 6.08 Å². The number of hydrogen-bond acceptors (Lipinski definition) is 2. The second kappa shape index (κ2) is 7.76. The normalized spacial score (nSPS) is 13.5. The maximum Gasteiger partial charge on any atom is 0.192 e. The summed E-state index contributed by atoms with van der Waals surface area (Å²) < 4.78 is 7.10. The average Bonchev–Trinajstić information content (AvgIpc) is 2.42. The molecule has 0 saturated carbocycles. The fourth-order valence-corrected chi connectivity index (χ4v) is 2.75. The van der Waals surface area contributed by atoms with E-state index in [2.05, 4.69) is 55.5 Å². The third-order valence-electron chi connectivity index (χ3n) is 4.24. The van der Waals surface area contributed by atoms with Gasteiger partial charge in [-0.3, -0.25) is 0 Å². The first-order chi connectivity index (χ1) is 10.0. The van der Waals surface area contributed by atoms with E-state index >= 15 is 0 Å². The van der Waals surface area contributed by atoms with Gasteiger partial charge in [0.2, 0.25) is 0 Å². The Balaban J connectivity index is 2.70. The fourth-order valence-electron chi connectivity index (χ4n) is 1.48. The summed E-state index contributed by atoms with van der Waals surface area (Å²) in [5, 5.41) is 10.4. The van der Waals surface area contributed by atoms with Crippen molar-refractivity contribution in [2.45, 2.75) is 51.9 Å². The summed E-state index contributed by atoms with van der Waals surface area (Å²) >= 11 is 3.41. The molecule has 1 N–H and O–H groups in total. The van der Waals surface area contributed by atoms with Gasteiger partial charge in [-0.2, -0.15) is 0 Å². The molecule has 0 aliphatic rings. The van der Waals surface area contributed by atoms with Gasteiger partial charge in [0, 0.05) is 4.47 Å². The van der Waals surface area contributed by atoms with Crippen LogP contribution in [-0.2, 0) is 4.43 Å². The van der Waals surface area contributed by atoms with Crippen molar-refractivity contribution in [2.24, 2.45) is 0 Å². The molecule has 0 spiro atoms. The van der Waals surface area contributed by atoms with Gasteiger partial charge in [-0.25, -0.2) is 0 Å². The van der Waals surface area contributed by atoms with Crippen LogP contribution in [0.3, 0.4) is 0 Å². The van der Waals surface area contributed by atoms with Crippen LogP contribution in [0.2, 0.25) is 18.1 Å². The Morgan fingerprint density at radius 1 is 1.32 bits per heavy atom. The summed E-state index contributed by atoms with van der Waals surface area (Å²) in [4.78, 5) is 0. The van der Waals surface area contributed by atoms with Gasteiger partial charge in [0.05, 0.1) is 6.61 Å². The smallest absolute Gasteiger partial charge is 0.192 e. The third kappa shape index (κ3) is 5.86. The lowest BCUT2D eigenvalue weighted by atomic mass is 10.1. The van der Waals surface area contributed by atoms with E-state index in [0.717, 1.165) is 15.6 Å². The number of rotatable bonds is 5. The first kappa shape index (κ1) is 19.4. The number of hydrogen-bond donors (Lipinski definition) is 1. The number of aliphatic hydroxyl groups excluding tert-OH is 1. The predicted molar refractivity (Wildman–Crippen MR) is 100 cm³/mol. The maximum absolute atomic E-state index is 10.2. The van der Waals surface area contributed by atoms with Gasteiger partial charge in [0.1, 0.15) is 6.10 Å². The molecule has 0 fully saturated rings. The van der Waals surface area contributed by atoms with Gasteiger partial charge in [0.25, 0.3) is 0 Å². The van der Waals surface area contributed by atoms with Crippen molar-refractivity contribution in [2.75, 3.05) is 6.61 Å². The van der Waals surface area contributed by atoms with E-state index in [9.17, 15) is 5.11 Å². The molecule has 1 atom stereocenters. The molecule has 2 nitrogen and oxygen atoms in total. The molecule has 1 rings (SSSR count). The van der Waals surface area contributed by atoms with Crippen molar-refractivity contribution in [1.29, 1.82) is 0 Å². The average molecular weight is 383 g/mol. The Labute approximate surface area is 144 Å². The number of aliphatic hydroxyl groups is 1. The molecule has 0 aliphatic carbocycles. The molecule has 0 aliphatic heterocycles. The van der Waals surface area contributed by atoms with E-state index in [1.807, 2.05) is 37.3 Å². The van der Waals surface area contributed by atoms with Crippen molar-refractivity contribution in [3.05, 3.63) is 45.6 Å². The molecule has 4 heteroatoms. The molecule has 1 aromatic rings. The maximum atomic E-state index is 10.2. The minimum absolute atomic E-state index is 0.150. The van der Waals surface area contributed by atoms with E-state index in [-0.39, 0.29) is 5.04 Å². The Kier molecular flexibility index (Phi) is 6.84. The van der Waals surface area contributed by atoms with Gasteiger partial charge < -0.3 is 9.53 Å². The van der Waals surface area contributed by atoms with Gasteiger partial charge in [0.15, 0.2) is 8.32 Å².